The van der Waals surface area contributed by atoms with E-state index in [-0.39, 0.29) is 6.42 Å². The summed E-state index contributed by atoms with van der Waals surface area (Å²) in [4.78, 5) is 0. The summed E-state index contributed by atoms with van der Waals surface area (Å²) in [7, 11) is 0. The standard InChI is InChI=1S/C11H13F5N2/c1-4(2)18-9-7(8(17)11(14,15)16)5-3-6(5)10(9,12)13/h4-6,17-18H,3H2,1-2H3/t5-,6+/m1/s1. The number of nitrogens with one attached hydrogen (secondary N) is 2. The predicted molar refractivity (Wildman–Crippen MR) is 55.6 cm³/mol. The van der Waals surface area contributed by atoms with Crippen LogP contribution in [0.3, 0.4) is 0 Å². The highest BCUT2D eigenvalue weighted by atomic mass is 19.4. The van der Waals surface area contributed by atoms with Crippen molar-refractivity contribution in [2.75, 3.05) is 0 Å². The van der Waals surface area contributed by atoms with Gasteiger partial charge in [0.05, 0.1) is 5.70 Å². The van der Waals surface area contributed by atoms with Gasteiger partial charge in [-0.1, -0.05) is 0 Å². The predicted octanol–water partition coefficient (Wildman–Crippen LogP) is 3.11. The van der Waals surface area contributed by atoms with Crippen molar-refractivity contribution in [2.24, 2.45) is 11.8 Å². The maximum absolute atomic E-state index is 13.8. The molecule has 0 amide bonds. The summed E-state index contributed by atoms with van der Waals surface area (Å²) in [5, 5.41) is 9.47. The molecule has 0 aromatic carbocycles. The van der Waals surface area contributed by atoms with Crippen LogP contribution < -0.4 is 5.32 Å². The maximum atomic E-state index is 13.8. The van der Waals surface area contributed by atoms with Crippen LogP contribution in [0.15, 0.2) is 11.3 Å². The van der Waals surface area contributed by atoms with Gasteiger partial charge in [0, 0.05) is 17.5 Å². The second kappa shape index (κ2) is 3.68. The smallest absolute Gasteiger partial charge is 0.381 e. The minimum Gasteiger partial charge on any atom is -0.381 e. The van der Waals surface area contributed by atoms with Gasteiger partial charge in [0.25, 0.3) is 5.92 Å². The molecular weight excluding hydrogens is 255 g/mol. The Bertz CT molecular complexity index is 422. The molecule has 0 aromatic heterocycles. The van der Waals surface area contributed by atoms with E-state index in [9.17, 15) is 22.0 Å². The van der Waals surface area contributed by atoms with Crippen LogP contribution in [-0.2, 0) is 0 Å². The molecule has 0 radical (unpaired) electrons. The highest BCUT2D eigenvalue weighted by molar-refractivity contribution is 6.04. The molecule has 0 aliphatic heterocycles. The molecule has 0 bridgehead atoms. The number of alkyl halides is 5. The van der Waals surface area contributed by atoms with E-state index in [1.54, 1.807) is 13.8 Å². The Labute approximate surface area is 101 Å². The van der Waals surface area contributed by atoms with Crippen molar-refractivity contribution in [2.45, 2.75) is 38.4 Å². The van der Waals surface area contributed by atoms with E-state index < -0.39 is 47.0 Å². The van der Waals surface area contributed by atoms with E-state index in [4.69, 9.17) is 5.41 Å². The van der Waals surface area contributed by atoms with Crippen molar-refractivity contribution in [3.05, 3.63) is 11.3 Å². The molecule has 2 nitrogen and oxygen atoms in total. The van der Waals surface area contributed by atoms with E-state index in [2.05, 4.69) is 5.32 Å². The second-order valence-corrected chi connectivity index (χ2v) is 5.03. The fraction of sp³-hybridized carbons (Fsp3) is 0.727. The highest BCUT2D eigenvalue weighted by Gasteiger charge is 2.67. The number of rotatable bonds is 3. The Kier molecular flexibility index (Phi) is 2.72. The molecule has 1 fully saturated rings. The van der Waals surface area contributed by atoms with Crippen LogP contribution in [0, 0.1) is 17.2 Å². The summed E-state index contributed by atoms with van der Waals surface area (Å²) in [6.07, 6.45) is -4.85. The van der Waals surface area contributed by atoms with Gasteiger partial charge in [-0.05, 0) is 26.2 Å². The summed E-state index contributed by atoms with van der Waals surface area (Å²) < 4.78 is 65.2. The average Bonchev–Trinajstić information content (AvgIpc) is 2.90. The Hall–Kier alpha value is -1.14. The van der Waals surface area contributed by atoms with Crippen LogP contribution in [0.5, 0.6) is 0 Å². The molecular formula is C11H13F5N2. The van der Waals surface area contributed by atoms with E-state index in [1.165, 1.54) is 0 Å². The van der Waals surface area contributed by atoms with E-state index in [1.807, 2.05) is 0 Å². The Morgan fingerprint density at radius 2 is 1.94 bits per heavy atom. The molecule has 0 aromatic rings. The van der Waals surface area contributed by atoms with E-state index in [0.717, 1.165) is 0 Å². The molecule has 0 heterocycles. The van der Waals surface area contributed by atoms with Crippen molar-refractivity contribution in [1.29, 1.82) is 5.41 Å². The second-order valence-electron chi connectivity index (χ2n) is 5.03. The van der Waals surface area contributed by atoms with E-state index >= 15 is 0 Å². The van der Waals surface area contributed by atoms with Gasteiger partial charge < -0.3 is 5.32 Å². The first-order valence-corrected chi connectivity index (χ1v) is 5.62. The van der Waals surface area contributed by atoms with Crippen LogP contribution in [0.2, 0.25) is 0 Å². The molecule has 1 saturated carbocycles. The highest BCUT2D eigenvalue weighted by Crippen LogP contribution is 2.63. The molecule has 18 heavy (non-hydrogen) atoms. The molecule has 7 heteroatoms. The summed E-state index contributed by atoms with van der Waals surface area (Å²) in [5.41, 5.74) is -2.90. The largest absolute Gasteiger partial charge is 0.433 e. The summed E-state index contributed by atoms with van der Waals surface area (Å²) in [6.45, 7) is 3.14. The number of fused-ring (bicyclic) bond motifs is 1. The monoisotopic (exact) mass is 268 g/mol. The van der Waals surface area contributed by atoms with Crippen molar-refractivity contribution in [3.8, 4) is 0 Å². The Morgan fingerprint density at radius 1 is 1.39 bits per heavy atom. The lowest BCUT2D eigenvalue weighted by atomic mass is 10.0. The lowest BCUT2D eigenvalue weighted by molar-refractivity contribution is -0.0592. The van der Waals surface area contributed by atoms with Gasteiger partial charge in [-0.2, -0.15) is 22.0 Å². The van der Waals surface area contributed by atoms with Crippen molar-refractivity contribution in [1.82, 2.24) is 5.32 Å². The maximum Gasteiger partial charge on any atom is 0.433 e. The zero-order chi connectivity index (χ0) is 13.9. The molecule has 2 rings (SSSR count). The number of halogens is 5. The molecule has 2 aliphatic carbocycles. The van der Waals surface area contributed by atoms with Crippen LogP contribution in [0.25, 0.3) is 0 Å². The summed E-state index contributed by atoms with van der Waals surface area (Å²) in [5.74, 6) is -5.17. The lowest BCUT2D eigenvalue weighted by Gasteiger charge is -2.23. The number of allylic oxidation sites excluding steroid dienone is 2. The molecule has 2 N–H and O–H groups in total. The molecule has 0 unspecified atom stereocenters. The quantitative estimate of drug-likeness (QED) is 0.598. The van der Waals surface area contributed by atoms with Crippen LogP contribution in [0.4, 0.5) is 22.0 Å². The van der Waals surface area contributed by atoms with Gasteiger partial charge in [0.1, 0.15) is 5.71 Å². The number of hydrogen-bond acceptors (Lipinski definition) is 2. The first kappa shape index (κ1) is 13.3. The summed E-state index contributed by atoms with van der Waals surface area (Å²) in [6, 6.07) is -0.403. The average molecular weight is 268 g/mol. The number of hydrogen-bond donors (Lipinski definition) is 2. The molecule has 102 valence electrons. The first-order chi connectivity index (χ1) is 8.06. The topological polar surface area (TPSA) is 35.9 Å². The zero-order valence-electron chi connectivity index (χ0n) is 9.83. The van der Waals surface area contributed by atoms with Gasteiger partial charge in [0.2, 0.25) is 0 Å². The lowest BCUT2D eigenvalue weighted by Crippen LogP contribution is -2.36. The molecule has 2 atom stereocenters. The van der Waals surface area contributed by atoms with Gasteiger partial charge in [-0.3, -0.25) is 5.41 Å². The minimum absolute atomic E-state index is 0.0318. The molecule has 2 aliphatic rings. The Balaban J connectivity index is 2.42. The van der Waals surface area contributed by atoms with Crippen LogP contribution in [-0.4, -0.2) is 23.9 Å². The third-order valence-electron chi connectivity index (χ3n) is 3.22. The Morgan fingerprint density at radius 3 is 2.39 bits per heavy atom. The van der Waals surface area contributed by atoms with Gasteiger partial charge >= 0.3 is 6.18 Å². The minimum atomic E-state index is -4.88. The molecule has 0 spiro atoms. The van der Waals surface area contributed by atoms with Crippen LogP contribution >= 0.6 is 0 Å². The molecule has 0 saturated heterocycles. The van der Waals surface area contributed by atoms with Gasteiger partial charge in [0.15, 0.2) is 0 Å². The third kappa shape index (κ3) is 1.89. The van der Waals surface area contributed by atoms with Gasteiger partial charge in [-0.15, -0.1) is 0 Å². The van der Waals surface area contributed by atoms with Crippen LogP contribution in [0.1, 0.15) is 20.3 Å². The SMILES string of the molecule is CC(C)NC1=C(C(=N)C(F)(F)F)[C@@H]2C[C@@H]2C1(F)F. The fourth-order valence-corrected chi connectivity index (χ4v) is 2.39. The third-order valence-corrected chi connectivity index (χ3v) is 3.22. The normalized spacial score (nSPS) is 29.6. The first-order valence-electron chi connectivity index (χ1n) is 5.62. The van der Waals surface area contributed by atoms with Crippen molar-refractivity contribution < 1.29 is 22.0 Å². The van der Waals surface area contributed by atoms with Crippen molar-refractivity contribution >= 4 is 5.71 Å². The zero-order valence-corrected chi connectivity index (χ0v) is 9.83. The summed E-state index contributed by atoms with van der Waals surface area (Å²) >= 11 is 0. The van der Waals surface area contributed by atoms with E-state index in [0.29, 0.717) is 0 Å². The van der Waals surface area contributed by atoms with Gasteiger partial charge in [-0.25, -0.2) is 0 Å². The fourth-order valence-electron chi connectivity index (χ4n) is 2.39. The van der Waals surface area contributed by atoms with Crippen molar-refractivity contribution in [3.63, 3.8) is 0 Å².